The molecule has 0 fully saturated rings. The first kappa shape index (κ1) is 22.6. The van der Waals surface area contributed by atoms with Gasteiger partial charge in [0.2, 0.25) is 0 Å². The van der Waals surface area contributed by atoms with E-state index in [1.807, 2.05) is 72.3 Å². The quantitative estimate of drug-likeness (QED) is 0.393. The van der Waals surface area contributed by atoms with E-state index in [9.17, 15) is 9.59 Å². The average Bonchev–Trinajstić information content (AvgIpc) is 3.17. The lowest BCUT2D eigenvalue weighted by Crippen LogP contribution is -2.46. The number of aromatic nitrogens is 3. The summed E-state index contributed by atoms with van der Waals surface area (Å²) in [6, 6.07) is 18.5. The van der Waals surface area contributed by atoms with Gasteiger partial charge in [-0.1, -0.05) is 72.4 Å². The van der Waals surface area contributed by atoms with Crippen molar-refractivity contribution >= 4 is 23.8 Å². The summed E-state index contributed by atoms with van der Waals surface area (Å²) >= 11 is 1.40. The number of urea groups is 1. The Labute approximate surface area is 196 Å². The molecule has 9 heteroatoms. The summed E-state index contributed by atoms with van der Waals surface area (Å²) in [6.45, 7) is 2.00. The molecule has 1 aliphatic rings. The molecule has 33 heavy (non-hydrogen) atoms. The third-order valence-corrected chi connectivity index (χ3v) is 6.30. The van der Waals surface area contributed by atoms with Crippen molar-refractivity contribution in [3.63, 3.8) is 0 Å². The molecule has 0 saturated carbocycles. The SMILES string of the molecule is CCOC(=O)C1=C(CSc2nnc(Cc3ccccc3)n2C)NC(=O)N[C@H]1c1ccccc1. The number of hydrogen-bond donors (Lipinski definition) is 2. The number of nitrogens with zero attached hydrogens (tertiary/aromatic N) is 3. The van der Waals surface area contributed by atoms with Crippen LogP contribution in [0.4, 0.5) is 4.79 Å². The molecule has 170 valence electrons. The minimum atomic E-state index is -0.595. The fourth-order valence-corrected chi connectivity index (χ4v) is 4.52. The van der Waals surface area contributed by atoms with Gasteiger partial charge in [-0.15, -0.1) is 10.2 Å². The zero-order chi connectivity index (χ0) is 23.2. The first-order valence-corrected chi connectivity index (χ1v) is 11.6. The number of ether oxygens (including phenoxy) is 1. The maximum Gasteiger partial charge on any atom is 0.338 e. The number of nitrogens with one attached hydrogen (secondary N) is 2. The lowest BCUT2D eigenvalue weighted by atomic mass is 9.95. The van der Waals surface area contributed by atoms with Gasteiger partial charge in [0, 0.05) is 24.9 Å². The zero-order valence-corrected chi connectivity index (χ0v) is 19.3. The van der Waals surface area contributed by atoms with E-state index in [0.29, 0.717) is 28.6 Å². The molecule has 1 aromatic heterocycles. The van der Waals surface area contributed by atoms with Crippen LogP contribution < -0.4 is 10.6 Å². The van der Waals surface area contributed by atoms with Crippen LogP contribution in [0.5, 0.6) is 0 Å². The van der Waals surface area contributed by atoms with Crippen LogP contribution in [0.15, 0.2) is 77.1 Å². The van der Waals surface area contributed by atoms with E-state index >= 15 is 0 Å². The topological polar surface area (TPSA) is 98.1 Å². The Morgan fingerprint density at radius 3 is 2.48 bits per heavy atom. The molecule has 0 saturated heterocycles. The Morgan fingerprint density at radius 1 is 1.09 bits per heavy atom. The van der Waals surface area contributed by atoms with Gasteiger partial charge < -0.3 is 19.9 Å². The van der Waals surface area contributed by atoms with Crippen LogP contribution in [0, 0.1) is 0 Å². The van der Waals surface area contributed by atoms with E-state index < -0.39 is 12.0 Å². The van der Waals surface area contributed by atoms with E-state index in [4.69, 9.17) is 4.74 Å². The fourth-order valence-electron chi connectivity index (χ4n) is 3.62. The van der Waals surface area contributed by atoms with Crippen LogP contribution in [0.2, 0.25) is 0 Å². The van der Waals surface area contributed by atoms with Crippen LogP contribution in [0.1, 0.15) is 29.9 Å². The van der Waals surface area contributed by atoms with E-state index in [-0.39, 0.29) is 12.6 Å². The summed E-state index contributed by atoms with van der Waals surface area (Å²) in [5.41, 5.74) is 2.85. The van der Waals surface area contributed by atoms with Crippen molar-refractivity contribution in [2.45, 2.75) is 24.5 Å². The number of thioether (sulfide) groups is 1. The minimum absolute atomic E-state index is 0.240. The zero-order valence-electron chi connectivity index (χ0n) is 18.4. The molecular weight excluding hydrogens is 438 g/mol. The van der Waals surface area contributed by atoms with Crippen molar-refractivity contribution in [3.8, 4) is 0 Å². The summed E-state index contributed by atoms with van der Waals surface area (Å²) in [6.07, 6.45) is 0.665. The Morgan fingerprint density at radius 2 is 1.79 bits per heavy atom. The van der Waals surface area contributed by atoms with E-state index in [1.54, 1.807) is 6.92 Å². The van der Waals surface area contributed by atoms with Crippen molar-refractivity contribution < 1.29 is 14.3 Å². The molecule has 0 aliphatic carbocycles. The molecule has 2 N–H and O–H groups in total. The number of hydrogen-bond acceptors (Lipinski definition) is 6. The van der Waals surface area contributed by atoms with Crippen molar-refractivity contribution in [1.29, 1.82) is 0 Å². The molecule has 4 rings (SSSR count). The maximum absolute atomic E-state index is 12.9. The molecule has 0 spiro atoms. The predicted octanol–water partition coefficient (Wildman–Crippen LogP) is 3.37. The highest BCUT2D eigenvalue weighted by Gasteiger charge is 2.33. The normalized spacial score (nSPS) is 15.7. The Bertz CT molecular complexity index is 1160. The molecule has 1 atom stereocenters. The van der Waals surface area contributed by atoms with Gasteiger partial charge >= 0.3 is 12.0 Å². The lowest BCUT2D eigenvalue weighted by Gasteiger charge is -2.29. The predicted molar refractivity (Wildman–Crippen MR) is 125 cm³/mol. The van der Waals surface area contributed by atoms with Gasteiger partial charge in [-0.05, 0) is 18.1 Å². The summed E-state index contributed by atoms with van der Waals surface area (Å²) in [4.78, 5) is 25.3. The molecule has 8 nitrogen and oxygen atoms in total. The van der Waals surface area contributed by atoms with Gasteiger partial charge in [-0.2, -0.15) is 0 Å². The van der Waals surface area contributed by atoms with E-state index in [0.717, 1.165) is 17.0 Å². The summed E-state index contributed by atoms with van der Waals surface area (Å²) < 4.78 is 7.24. The van der Waals surface area contributed by atoms with Crippen LogP contribution in [-0.2, 0) is 23.0 Å². The molecule has 2 amide bonds. The summed E-state index contributed by atoms with van der Waals surface area (Å²) in [5, 5.41) is 15.0. The Kier molecular flexibility index (Phi) is 7.09. The molecule has 2 heterocycles. The van der Waals surface area contributed by atoms with E-state index in [2.05, 4.69) is 20.8 Å². The number of amides is 2. The number of carbonyl (C=O) groups excluding carboxylic acids is 2. The van der Waals surface area contributed by atoms with Crippen molar-refractivity contribution in [2.24, 2.45) is 7.05 Å². The fraction of sp³-hybridized carbons (Fsp3) is 0.250. The van der Waals surface area contributed by atoms with Gasteiger partial charge in [0.15, 0.2) is 5.16 Å². The largest absolute Gasteiger partial charge is 0.463 e. The Balaban J connectivity index is 1.59. The van der Waals surface area contributed by atoms with Crippen LogP contribution >= 0.6 is 11.8 Å². The van der Waals surface area contributed by atoms with Crippen molar-refractivity contribution in [3.05, 3.63) is 88.9 Å². The number of benzene rings is 2. The van der Waals surface area contributed by atoms with Gasteiger partial charge in [-0.3, -0.25) is 0 Å². The lowest BCUT2D eigenvalue weighted by molar-refractivity contribution is -0.139. The number of esters is 1. The molecule has 0 radical (unpaired) electrons. The van der Waals surface area contributed by atoms with Crippen LogP contribution in [-0.4, -0.2) is 39.1 Å². The molecule has 3 aromatic rings. The minimum Gasteiger partial charge on any atom is -0.463 e. The second-order valence-electron chi connectivity index (χ2n) is 7.46. The number of carbonyl (C=O) groups is 2. The highest BCUT2D eigenvalue weighted by Crippen LogP contribution is 2.30. The van der Waals surface area contributed by atoms with Gasteiger partial charge in [-0.25, -0.2) is 9.59 Å². The van der Waals surface area contributed by atoms with Crippen LogP contribution in [0.3, 0.4) is 0 Å². The Hall–Kier alpha value is -3.59. The van der Waals surface area contributed by atoms with Gasteiger partial charge in [0.25, 0.3) is 0 Å². The number of rotatable bonds is 8. The highest BCUT2D eigenvalue weighted by atomic mass is 32.2. The van der Waals surface area contributed by atoms with Crippen molar-refractivity contribution in [1.82, 2.24) is 25.4 Å². The first-order chi connectivity index (χ1) is 16.1. The molecule has 2 aromatic carbocycles. The average molecular weight is 464 g/mol. The smallest absolute Gasteiger partial charge is 0.338 e. The second kappa shape index (κ2) is 10.4. The monoisotopic (exact) mass is 463 g/mol. The summed E-state index contributed by atoms with van der Waals surface area (Å²) in [7, 11) is 1.91. The molecule has 1 aliphatic heterocycles. The molecule has 0 unspecified atom stereocenters. The van der Waals surface area contributed by atoms with Crippen LogP contribution in [0.25, 0.3) is 0 Å². The molecule has 0 bridgehead atoms. The standard InChI is InChI=1S/C24H25N5O3S/c1-3-32-22(30)20-18(25-23(31)26-21(20)17-12-8-5-9-13-17)15-33-24-28-27-19(29(24)2)14-16-10-6-4-7-11-16/h4-13,21H,3,14-15H2,1-2H3,(H2,25,26,31)/t21-/m0/s1. The molecular formula is C24H25N5O3S. The van der Waals surface area contributed by atoms with Crippen molar-refractivity contribution in [2.75, 3.05) is 12.4 Å². The first-order valence-electron chi connectivity index (χ1n) is 10.6. The third-order valence-electron chi connectivity index (χ3n) is 5.26. The highest BCUT2D eigenvalue weighted by molar-refractivity contribution is 7.99. The maximum atomic E-state index is 12.9. The third kappa shape index (κ3) is 5.25. The summed E-state index contributed by atoms with van der Waals surface area (Å²) in [5.74, 6) is 0.708. The second-order valence-corrected chi connectivity index (χ2v) is 8.41. The van der Waals surface area contributed by atoms with Gasteiger partial charge in [0.1, 0.15) is 5.82 Å². The van der Waals surface area contributed by atoms with E-state index in [1.165, 1.54) is 11.8 Å². The van der Waals surface area contributed by atoms with Gasteiger partial charge in [0.05, 0.1) is 18.2 Å².